The molecular weight excluding hydrogens is 1210 g/mol. The number of aryl methyl sites for hydroxylation is 7. The molecule has 4 heterocycles. The van der Waals surface area contributed by atoms with Crippen molar-refractivity contribution in [2.24, 2.45) is 0 Å². The second-order valence-electron chi connectivity index (χ2n) is 24.1. The molecule has 10 aromatic carbocycles. The van der Waals surface area contributed by atoms with Crippen LogP contribution >= 0.6 is 0 Å². The van der Waals surface area contributed by atoms with E-state index in [1.165, 1.54) is 72.3 Å². The SMILES string of the molecule is Cc1cc(C)c(-c2ccnc(-n3c4[c-]c(-c5c(C)ccc6c5nc(-c5cc(-c7ccccc7)cc7c5[n-]c5cccc(-c8c(C)cc(C)cc8C)c57)n6-c5ccccc5)ccc4c4cc(-c5c(C(C)C)cccc5C(C)C)ccc43)c2)c(C)c1.[Pt+2]. The molecule has 0 unspecified atom stereocenters. The third kappa shape index (κ3) is 9.27. The van der Waals surface area contributed by atoms with Gasteiger partial charge >= 0.3 is 21.1 Å². The van der Waals surface area contributed by atoms with Gasteiger partial charge in [0.1, 0.15) is 11.6 Å². The Morgan fingerprint density at radius 1 is 0.447 bits per heavy atom. The fourth-order valence-electron chi connectivity index (χ4n) is 14.1. The van der Waals surface area contributed by atoms with Crippen LogP contribution in [0.25, 0.3) is 133 Å². The summed E-state index contributed by atoms with van der Waals surface area (Å²) in [5, 5.41) is 4.53. The van der Waals surface area contributed by atoms with Crippen LogP contribution in [0.4, 0.5) is 0 Å². The fraction of sp³-hybridized carbons (Fsp3) is 0.165. The first kappa shape index (κ1) is 55.3. The quantitative estimate of drug-likeness (QED) is 0.128. The van der Waals surface area contributed by atoms with Gasteiger partial charge in [-0.15, -0.1) is 34.8 Å². The van der Waals surface area contributed by atoms with Gasteiger partial charge in [0.15, 0.2) is 0 Å². The van der Waals surface area contributed by atoms with Crippen LogP contribution in [0, 0.1) is 54.5 Å². The van der Waals surface area contributed by atoms with Gasteiger partial charge in [0.25, 0.3) is 0 Å². The first-order valence-corrected chi connectivity index (χ1v) is 29.6. The van der Waals surface area contributed by atoms with Crippen molar-refractivity contribution in [2.75, 3.05) is 0 Å². The standard InChI is InChI=1S/C79H67N5.Pt/c1-45(2)60-24-18-25-61(46(3)4)75(60)55-30-33-68-64(40-55)62-31-29-56(43-70(62)84(68)71-44-57(34-35-80-71)72-50(8)36-47(5)37-51(72)9)74-49(7)28-32-69-78(74)82-79(83(69)59-22-16-13-17-23-59)66-42-58(54-20-14-12-15-21-54)41-65-76-63(26-19-27-67(76)81-77(65)66)73-52(10)38-48(6)39-53(73)11;/h12-42,44-46H,1-11H3;/q-2;+2. The second-order valence-corrected chi connectivity index (χ2v) is 24.1. The summed E-state index contributed by atoms with van der Waals surface area (Å²) in [4.78, 5) is 16.7. The predicted molar refractivity (Wildman–Crippen MR) is 354 cm³/mol. The summed E-state index contributed by atoms with van der Waals surface area (Å²) in [6, 6.07) is 73.4. The molecule has 0 radical (unpaired) electrons. The summed E-state index contributed by atoms with van der Waals surface area (Å²) < 4.78 is 4.69. The minimum Gasteiger partial charge on any atom is -0.656 e. The van der Waals surface area contributed by atoms with Crippen LogP contribution < -0.4 is 4.98 Å². The number of nitrogens with zero attached hydrogens (tertiary/aromatic N) is 5. The van der Waals surface area contributed by atoms with E-state index >= 15 is 0 Å². The van der Waals surface area contributed by atoms with E-state index in [0.717, 1.165) is 111 Å². The average Bonchev–Trinajstić information content (AvgIpc) is 1.81. The van der Waals surface area contributed by atoms with Crippen molar-refractivity contribution in [3.63, 3.8) is 0 Å². The maximum atomic E-state index is 5.92. The molecule has 14 aromatic rings. The van der Waals surface area contributed by atoms with Crippen molar-refractivity contribution in [1.82, 2.24) is 24.1 Å². The van der Waals surface area contributed by atoms with E-state index in [2.05, 4.69) is 279 Å². The topological polar surface area (TPSA) is 49.7 Å². The maximum absolute atomic E-state index is 5.92. The predicted octanol–water partition coefficient (Wildman–Crippen LogP) is 21.0. The molecule has 0 amide bonds. The van der Waals surface area contributed by atoms with Gasteiger partial charge in [0.2, 0.25) is 0 Å². The molecule has 0 aliphatic heterocycles. The van der Waals surface area contributed by atoms with Gasteiger partial charge in [-0.25, -0.2) is 9.97 Å². The zero-order chi connectivity index (χ0) is 57.8. The molecule has 0 aliphatic rings. The molecule has 6 heteroatoms. The molecule has 4 aromatic heterocycles. The van der Waals surface area contributed by atoms with Crippen LogP contribution in [-0.2, 0) is 21.1 Å². The van der Waals surface area contributed by atoms with Crippen molar-refractivity contribution in [1.29, 1.82) is 0 Å². The monoisotopic (exact) mass is 1280 g/mol. The van der Waals surface area contributed by atoms with Gasteiger partial charge in [-0.2, -0.15) is 0 Å². The van der Waals surface area contributed by atoms with E-state index in [0.29, 0.717) is 11.8 Å². The van der Waals surface area contributed by atoms with Gasteiger partial charge in [-0.3, -0.25) is 4.57 Å². The number of hydrogen-bond acceptors (Lipinski definition) is 2. The van der Waals surface area contributed by atoms with Gasteiger partial charge in [-0.1, -0.05) is 183 Å². The number of pyridine rings is 1. The van der Waals surface area contributed by atoms with Crippen molar-refractivity contribution in [3.05, 3.63) is 250 Å². The number of aromatic nitrogens is 5. The molecule has 0 spiro atoms. The van der Waals surface area contributed by atoms with E-state index in [9.17, 15) is 0 Å². The molecule has 418 valence electrons. The smallest absolute Gasteiger partial charge is 0.656 e. The Morgan fingerprint density at radius 3 is 1.75 bits per heavy atom. The minimum atomic E-state index is 0. The number of hydrogen-bond donors (Lipinski definition) is 0. The Bertz CT molecular complexity index is 4900. The van der Waals surface area contributed by atoms with E-state index in [4.69, 9.17) is 15.0 Å². The van der Waals surface area contributed by atoms with E-state index in [1.807, 2.05) is 6.20 Å². The maximum Gasteiger partial charge on any atom is 2.00 e. The molecular formula is C79H67N5Pt. The molecule has 0 aliphatic carbocycles. The zero-order valence-electron chi connectivity index (χ0n) is 50.2. The molecule has 0 saturated carbocycles. The normalized spacial score (nSPS) is 11.8. The van der Waals surface area contributed by atoms with Gasteiger partial charge in [-0.05, 0) is 208 Å². The molecule has 0 fully saturated rings. The van der Waals surface area contributed by atoms with Crippen molar-refractivity contribution in [2.45, 2.75) is 88.0 Å². The number of benzene rings is 10. The summed E-state index contributed by atoms with van der Waals surface area (Å²) in [5.74, 6) is 2.38. The molecule has 0 atom stereocenters. The van der Waals surface area contributed by atoms with Gasteiger partial charge < -0.3 is 9.55 Å². The van der Waals surface area contributed by atoms with Crippen molar-refractivity contribution >= 4 is 54.6 Å². The summed E-state index contributed by atoms with van der Waals surface area (Å²) in [6.07, 6.45) is 1.97. The van der Waals surface area contributed by atoms with Crippen molar-refractivity contribution in [3.8, 4) is 78.5 Å². The van der Waals surface area contributed by atoms with Crippen LogP contribution in [-0.4, -0.2) is 19.1 Å². The number of rotatable bonds is 10. The van der Waals surface area contributed by atoms with E-state index < -0.39 is 0 Å². The van der Waals surface area contributed by atoms with Crippen molar-refractivity contribution < 1.29 is 21.1 Å². The van der Waals surface area contributed by atoms with Crippen LogP contribution in [0.15, 0.2) is 194 Å². The van der Waals surface area contributed by atoms with Gasteiger partial charge in [0, 0.05) is 23.0 Å². The Kier molecular flexibility index (Phi) is 14.1. The van der Waals surface area contributed by atoms with Gasteiger partial charge in [0.05, 0.1) is 11.0 Å². The van der Waals surface area contributed by atoms with Crippen LogP contribution in [0.5, 0.6) is 0 Å². The number of para-hydroxylation sites is 1. The number of imidazole rings is 1. The molecule has 0 N–H and O–H groups in total. The summed E-state index contributed by atoms with van der Waals surface area (Å²) in [7, 11) is 0. The van der Waals surface area contributed by atoms with E-state index in [-0.39, 0.29) is 21.1 Å². The summed E-state index contributed by atoms with van der Waals surface area (Å²) in [6.45, 7) is 24.7. The van der Waals surface area contributed by atoms with Crippen LogP contribution in [0.3, 0.4) is 0 Å². The van der Waals surface area contributed by atoms with E-state index in [1.54, 1.807) is 0 Å². The molecule has 0 bridgehead atoms. The Labute approximate surface area is 513 Å². The summed E-state index contributed by atoms with van der Waals surface area (Å²) in [5.41, 5.74) is 30.8. The average molecular weight is 1280 g/mol. The first-order chi connectivity index (χ1) is 40.7. The van der Waals surface area contributed by atoms with Crippen LogP contribution in [0.1, 0.15) is 89.6 Å². The molecule has 0 saturated heterocycles. The zero-order valence-corrected chi connectivity index (χ0v) is 52.5. The Morgan fingerprint density at radius 2 is 1.07 bits per heavy atom. The second kappa shape index (κ2) is 21.6. The third-order valence-corrected chi connectivity index (χ3v) is 17.5. The molecule has 5 nitrogen and oxygen atoms in total. The number of fused-ring (bicyclic) bond motifs is 7. The largest absolute Gasteiger partial charge is 2.00 e. The molecule has 14 rings (SSSR count). The summed E-state index contributed by atoms with van der Waals surface area (Å²) >= 11 is 0. The minimum absolute atomic E-state index is 0. The first-order valence-electron chi connectivity index (χ1n) is 29.6. The fourth-order valence-corrected chi connectivity index (χ4v) is 14.1. The molecule has 85 heavy (non-hydrogen) atoms. The third-order valence-electron chi connectivity index (χ3n) is 17.5. The Balaban J connectivity index is 0.00000672. The van der Waals surface area contributed by atoms with Crippen LogP contribution in [0.2, 0.25) is 0 Å². The Hall–Kier alpha value is -8.89.